The minimum atomic E-state index is -3.71. The minimum absolute atomic E-state index is 0.0122. The molecule has 1 saturated carbocycles. The number of ether oxygens (including phenoxy) is 1. The predicted octanol–water partition coefficient (Wildman–Crippen LogP) is 1.41. The fourth-order valence-electron chi connectivity index (χ4n) is 2.45. The van der Waals surface area contributed by atoms with E-state index in [0.717, 1.165) is 17.7 Å². The first-order valence-corrected chi connectivity index (χ1v) is 11.6. The third-order valence-corrected chi connectivity index (χ3v) is 6.56. The van der Waals surface area contributed by atoms with Crippen molar-refractivity contribution in [1.29, 1.82) is 0 Å². The highest BCUT2D eigenvalue weighted by Gasteiger charge is 2.28. The van der Waals surface area contributed by atoms with E-state index in [-0.39, 0.29) is 16.5 Å². The molecule has 0 bridgehead atoms. The lowest BCUT2D eigenvalue weighted by Crippen LogP contribution is -2.42. The van der Waals surface area contributed by atoms with Gasteiger partial charge in [0.05, 0.1) is 10.5 Å². The summed E-state index contributed by atoms with van der Waals surface area (Å²) in [7, 11) is -3.71. The Bertz CT molecular complexity index is 1020. The largest absolute Gasteiger partial charge is 0.452 e. The number of urea groups is 1. The van der Waals surface area contributed by atoms with E-state index in [0.29, 0.717) is 13.0 Å². The first kappa shape index (κ1) is 21.9. The maximum atomic E-state index is 12.2. The predicted molar refractivity (Wildman–Crippen MR) is 110 cm³/mol. The van der Waals surface area contributed by atoms with E-state index >= 15 is 0 Å². The molecule has 11 heteroatoms. The van der Waals surface area contributed by atoms with Gasteiger partial charge < -0.3 is 10.1 Å². The Hall–Kier alpha value is -2.76. The summed E-state index contributed by atoms with van der Waals surface area (Å²) in [5.74, 6) is -1.66. The van der Waals surface area contributed by atoms with Crippen molar-refractivity contribution in [2.24, 2.45) is 0 Å². The first-order chi connectivity index (χ1) is 14.3. The minimum Gasteiger partial charge on any atom is -0.452 e. The van der Waals surface area contributed by atoms with Gasteiger partial charge in [-0.15, -0.1) is 11.3 Å². The van der Waals surface area contributed by atoms with Gasteiger partial charge in [-0.05, 0) is 48.9 Å². The van der Waals surface area contributed by atoms with Crippen molar-refractivity contribution in [3.05, 3.63) is 52.2 Å². The molecule has 0 atom stereocenters. The zero-order valence-electron chi connectivity index (χ0n) is 15.9. The van der Waals surface area contributed by atoms with E-state index in [1.54, 1.807) is 11.3 Å². The normalized spacial score (nSPS) is 13.5. The lowest BCUT2D eigenvalue weighted by molar-refractivity contribution is -0.123. The highest BCUT2D eigenvalue weighted by molar-refractivity contribution is 7.89. The van der Waals surface area contributed by atoms with Crippen molar-refractivity contribution in [1.82, 2.24) is 15.4 Å². The Morgan fingerprint density at radius 3 is 2.63 bits per heavy atom. The summed E-state index contributed by atoms with van der Waals surface area (Å²) in [6.07, 6.45) is 2.22. The number of thiophene rings is 1. The lowest BCUT2D eigenvalue weighted by atomic mass is 10.2. The average Bonchev–Trinajstić information content (AvgIpc) is 3.35. The van der Waals surface area contributed by atoms with Crippen LogP contribution in [0.2, 0.25) is 0 Å². The molecule has 0 unspecified atom stereocenters. The van der Waals surface area contributed by atoms with E-state index in [1.165, 1.54) is 24.3 Å². The summed E-state index contributed by atoms with van der Waals surface area (Å²) < 4.78 is 31.9. The molecule has 0 radical (unpaired) electrons. The average molecular weight is 452 g/mol. The van der Waals surface area contributed by atoms with Crippen LogP contribution >= 0.6 is 11.3 Å². The summed E-state index contributed by atoms with van der Waals surface area (Å²) >= 11 is 1.57. The van der Waals surface area contributed by atoms with Gasteiger partial charge in [0.15, 0.2) is 6.61 Å². The molecule has 1 aliphatic carbocycles. The topological polar surface area (TPSA) is 131 Å². The Morgan fingerprint density at radius 1 is 1.13 bits per heavy atom. The van der Waals surface area contributed by atoms with Crippen LogP contribution in [0.25, 0.3) is 0 Å². The number of carbonyl (C=O) groups excluding carboxylic acids is 3. The number of benzene rings is 1. The third kappa shape index (κ3) is 6.65. The number of nitrogens with one attached hydrogen (secondary N) is 3. The quantitative estimate of drug-likeness (QED) is 0.494. The molecular weight excluding hydrogens is 430 g/mol. The standard InChI is InChI=1S/C19H21N3O6S2/c23-17(21-19(25)20-9-8-15-4-2-10-29-15)12-28-18(24)13-3-1-5-16(11-13)30(26,27)22-14-6-7-14/h1-5,10-11,14,22H,6-9,12H2,(H2,20,21,23,25). The van der Waals surface area contributed by atoms with Crippen LogP contribution in [0.5, 0.6) is 0 Å². The Morgan fingerprint density at radius 2 is 1.93 bits per heavy atom. The number of hydrogen-bond acceptors (Lipinski definition) is 7. The summed E-state index contributed by atoms with van der Waals surface area (Å²) in [6.45, 7) is -0.315. The number of carbonyl (C=O) groups is 3. The van der Waals surface area contributed by atoms with Gasteiger partial charge in [-0.1, -0.05) is 12.1 Å². The molecule has 0 spiro atoms. The third-order valence-electron chi connectivity index (χ3n) is 4.10. The molecule has 1 aliphatic rings. The SMILES string of the molecule is O=C(COC(=O)c1cccc(S(=O)(=O)NC2CC2)c1)NC(=O)NCCc1cccs1. The van der Waals surface area contributed by atoms with Gasteiger partial charge in [-0.2, -0.15) is 0 Å². The number of hydrogen-bond donors (Lipinski definition) is 3. The number of sulfonamides is 1. The summed E-state index contributed by atoms with van der Waals surface area (Å²) in [5.41, 5.74) is -0.0122. The molecule has 1 heterocycles. The highest BCUT2D eigenvalue weighted by atomic mass is 32.2. The number of amides is 3. The molecule has 0 aliphatic heterocycles. The van der Waals surface area contributed by atoms with E-state index in [1.807, 2.05) is 17.5 Å². The molecule has 0 saturated heterocycles. The van der Waals surface area contributed by atoms with Crippen molar-refractivity contribution >= 4 is 39.3 Å². The first-order valence-electron chi connectivity index (χ1n) is 9.23. The van der Waals surface area contributed by atoms with Crippen LogP contribution in [-0.2, 0) is 26.0 Å². The number of rotatable bonds is 9. The van der Waals surface area contributed by atoms with Gasteiger partial charge in [0.1, 0.15) is 0 Å². The Balaban J connectivity index is 1.43. The van der Waals surface area contributed by atoms with E-state index in [4.69, 9.17) is 4.74 Å². The van der Waals surface area contributed by atoms with Crippen molar-refractivity contribution in [3.63, 3.8) is 0 Å². The van der Waals surface area contributed by atoms with Crippen LogP contribution in [-0.4, -0.2) is 45.5 Å². The molecule has 1 fully saturated rings. The molecule has 160 valence electrons. The maximum absolute atomic E-state index is 12.2. The molecule has 1 aromatic carbocycles. The van der Waals surface area contributed by atoms with Gasteiger partial charge in [-0.25, -0.2) is 22.7 Å². The van der Waals surface area contributed by atoms with Gasteiger partial charge >= 0.3 is 12.0 Å². The smallest absolute Gasteiger partial charge is 0.338 e. The summed E-state index contributed by atoms with van der Waals surface area (Å²) in [4.78, 5) is 36.7. The number of imide groups is 1. The second-order valence-electron chi connectivity index (χ2n) is 6.63. The van der Waals surface area contributed by atoms with Gasteiger partial charge in [0.2, 0.25) is 10.0 Å². The van der Waals surface area contributed by atoms with Crippen LogP contribution in [0.4, 0.5) is 4.79 Å². The zero-order chi connectivity index (χ0) is 21.6. The van der Waals surface area contributed by atoms with Crippen molar-refractivity contribution in [3.8, 4) is 0 Å². The summed E-state index contributed by atoms with van der Waals surface area (Å²) in [6, 6.07) is 8.45. The van der Waals surface area contributed by atoms with E-state index < -0.39 is 34.5 Å². The van der Waals surface area contributed by atoms with E-state index in [2.05, 4.69) is 15.4 Å². The van der Waals surface area contributed by atoms with Gasteiger partial charge in [0, 0.05) is 17.5 Å². The van der Waals surface area contributed by atoms with Crippen LogP contribution in [0, 0.1) is 0 Å². The molecule has 2 aromatic rings. The molecule has 1 aromatic heterocycles. The Kier molecular flexibility index (Phi) is 7.19. The highest BCUT2D eigenvalue weighted by Crippen LogP contribution is 2.22. The second kappa shape index (κ2) is 9.83. The fourth-order valence-corrected chi connectivity index (χ4v) is 4.51. The van der Waals surface area contributed by atoms with Crippen molar-refractivity contribution < 1.29 is 27.5 Å². The molecular formula is C19H21N3O6S2. The van der Waals surface area contributed by atoms with Gasteiger partial charge in [0.25, 0.3) is 5.91 Å². The molecule has 3 rings (SSSR count). The molecule has 9 nitrogen and oxygen atoms in total. The van der Waals surface area contributed by atoms with Crippen molar-refractivity contribution in [2.75, 3.05) is 13.2 Å². The van der Waals surface area contributed by atoms with Crippen LogP contribution < -0.4 is 15.4 Å². The second-order valence-corrected chi connectivity index (χ2v) is 9.38. The van der Waals surface area contributed by atoms with Crippen molar-refractivity contribution in [2.45, 2.75) is 30.2 Å². The molecule has 3 N–H and O–H groups in total. The van der Waals surface area contributed by atoms with Crippen LogP contribution in [0.15, 0.2) is 46.7 Å². The molecule has 30 heavy (non-hydrogen) atoms. The molecule has 3 amide bonds. The Labute approximate surface area is 177 Å². The van der Waals surface area contributed by atoms with Crippen LogP contribution in [0.3, 0.4) is 0 Å². The monoisotopic (exact) mass is 451 g/mol. The number of esters is 1. The lowest BCUT2D eigenvalue weighted by Gasteiger charge is -2.09. The van der Waals surface area contributed by atoms with E-state index in [9.17, 15) is 22.8 Å². The fraction of sp³-hybridized carbons (Fsp3) is 0.316. The maximum Gasteiger partial charge on any atom is 0.338 e. The summed E-state index contributed by atoms with van der Waals surface area (Å²) in [5, 5.41) is 6.53. The van der Waals surface area contributed by atoms with Gasteiger partial charge in [-0.3, -0.25) is 10.1 Å². The van der Waals surface area contributed by atoms with Crippen LogP contribution in [0.1, 0.15) is 28.1 Å². The zero-order valence-corrected chi connectivity index (χ0v) is 17.6.